The predicted molar refractivity (Wildman–Crippen MR) is 87.2 cm³/mol. The normalized spacial score (nSPS) is 11.5. The predicted octanol–water partition coefficient (Wildman–Crippen LogP) is -0.176. The Labute approximate surface area is 136 Å². The summed E-state index contributed by atoms with van der Waals surface area (Å²) in [6.45, 7) is 1.86. The zero-order chi connectivity index (χ0) is 17.2. The zero-order valence-electron chi connectivity index (χ0n) is 13.8. The van der Waals surface area contributed by atoms with Gasteiger partial charge in [-0.3, -0.25) is 19.6 Å². The molecule has 9 heteroatoms. The molecule has 1 unspecified atom stereocenters. The van der Waals surface area contributed by atoms with E-state index in [1.165, 1.54) is 12.3 Å². The largest absolute Gasteiger partial charge is 0.382 e. The highest BCUT2D eigenvalue weighted by atomic mass is 32.2. The molecule has 130 valence electrons. The van der Waals surface area contributed by atoms with Crippen molar-refractivity contribution in [1.29, 1.82) is 0 Å². The summed E-state index contributed by atoms with van der Waals surface area (Å²) in [6, 6.07) is 0. The first-order valence-electron chi connectivity index (χ1n) is 6.44. The smallest absolute Gasteiger partial charge is 0.251 e. The lowest BCUT2D eigenvalue weighted by atomic mass is 10.4. The summed E-state index contributed by atoms with van der Waals surface area (Å²) in [5, 5.41) is 1.97. The number of rotatable bonds is 11. The van der Waals surface area contributed by atoms with Gasteiger partial charge >= 0.3 is 0 Å². The zero-order valence-corrected chi connectivity index (χ0v) is 14.6. The molecule has 0 aliphatic carbocycles. The van der Waals surface area contributed by atoms with Crippen LogP contribution in [0.5, 0.6) is 0 Å². The number of carbonyl (C=O) groups is 2. The van der Waals surface area contributed by atoms with Crippen LogP contribution in [0.1, 0.15) is 0 Å². The first-order valence-corrected chi connectivity index (χ1v) is 7.67. The van der Waals surface area contributed by atoms with Crippen LogP contribution < -0.4 is 10.0 Å². The molecule has 0 fully saturated rings. The summed E-state index contributed by atoms with van der Waals surface area (Å²) in [5.74, 6) is -0.451. The lowest BCUT2D eigenvalue weighted by Gasteiger charge is -2.13. The van der Waals surface area contributed by atoms with Gasteiger partial charge in [0.15, 0.2) is 0 Å². The van der Waals surface area contributed by atoms with Crippen LogP contribution >= 0.6 is 11.9 Å². The van der Waals surface area contributed by atoms with Gasteiger partial charge in [-0.2, -0.15) is 0 Å². The molecular weight excluding hydrogens is 310 g/mol. The van der Waals surface area contributed by atoms with Crippen molar-refractivity contribution >= 4 is 24.3 Å². The van der Waals surface area contributed by atoms with Gasteiger partial charge in [-0.25, -0.2) is 0 Å². The maximum atomic E-state index is 10.7. The summed E-state index contributed by atoms with van der Waals surface area (Å²) < 4.78 is 17.9. The van der Waals surface area contributed by atoms with Crippen molar-refractivity contribution in [2.24, 2.45) is 0 Å². The van der Waals surface area contributed by atoms with E-state index in [4.69, 9.17) is 14.2 Å². The summed E-state index contributed by atoms with van der Waals surface area (Å²) in [6.07, 6.45) is 5.25. The van der Waals surface area contributed by atoms with E-state index >= 15 is 0 Å². The Morgan fingerprint density at radius 1 is 1.32 bits per heavy atom. The average Bonchev–Trinajstić information content (AvgIpc) is 2.50. The van der Waals surface area contributed by atoms with Crippen LogP contribution in [-0.2, 0) is 23.8 Å². The molecule has 2 amide bonds. The molecule has 0 aromatic rings. The fraction of sp³-hybridized carbons (Fsp3) is 0.692. The van der Waals surface area contributed by atoms with Gasteiger partial charge in [0, 0.05) is 47.2 Å². The van der Waals surface area contributed by atoms with Crippen LogP contribution in [0.3, 0.4) is 0 Å². The second-order valence-electron chi connectivity index (χ2n) is 3.98. The van der Waals surface area contributed by atoms with Gasteiger partial charge < -0.3 is 19.1 Å². The van der Waals surface area contributed by atoms with Crippen molar-refractivity contribution in [3.63, 3.8) is 0 Å². The number of carbonyl (C=O) groups excluding carboxylic acids is 2. The van der Waals surface area contributed by atoms with E-state index in [0.717, 1.165) is 6.54 Å². The van der Waals surface area contributed by atoms with Crippen LogP contribution in [0.4, 0.5) is 0 Å². The number of imide groups is 1. The first kappa shape index (κ1) is 23.1. The molecule has 0 aliphatic heterocycles. The molecule has 0 aliphatic rings. The van der Waals surface area contributed by atoms with Crippen LogP contribution in [0.25, 0.3) is 0 Å². The molecule has 0 spiro atoms. The Morgan fingerprint density at radius 2 is 2.00 bits per heavy atom. The Balaban J connectivity index is 0. The topological polar surface area (TPSA) is 89.1 Å². The monoisotopic (exact) mass is 337 g/mol. The molecule has 0 saturated carbocycles. The minimum absolute atomic E-state index is 0.164. The Morgan fingerprint density at radius 3 is 2.45 bits per heavy atom. The van der Waals surface area contributed by atoms with Gasteiger partial charge in [-0.1, -0.05) is 11.9 Å². The van der Waals surface area contributed by atoms with Crippen molar-refractivity contribution in [1.82, 2.24) is 14.9 Å². The van der Waals surface area contributed by atoms with Crippen molar-refractivity contribution < 1.29 is 23.8 Å². The lowest BCUT2D eigenvalue weighted by molar-refractivity contribution is -0.121. The molecular formula is C13H27N3O5S. The molecule has 0 saturated heterocycles. The van der Waals surface area contributed by atoms with Crippen molar-refractivity contribution in [2.75, 3.05) is 54.5 Å². The second-order valence-corrected chi connectivity index (χ2v) is 4.68. The highest BCUT2D eigenvalue weighted by Gasteiger charge is 2.04. The maximum Gasteiger partial charge on any atom is 0.251 e. The van der Waals surface area contributed by atoms with Gasteiger partial charge in [0.2, 0.25) is 6.41 Å². The molecule has 0 heterocycles. The number of amides is 2. The molecule has 0 aromatic heterocycles. The van der Waals surface area contributed by atoms with Crippen LogP contribution in [0.15, 0.2) is 12.3 Å². The van der Waals surface area contributed by atoms with Gasteiger partial charge in [-0.15, -0.1) is 0 Å². The third-order valence-corrected chi connectivity index (χ3v) is 2.61. The Hall–Kier alpha value is -1.13. The Kier molecular flexibility index (Phi) is 18.8. The standard InChI is InChI=1S/C7H12N2O3.C6H15NO2S/c1-9(6-12-2)4-3-7(11)8-5-10;1-8-5-6(9-2)4-7-10-3/h3-5H,6H2,1-2H3,(H,8,10,11);6-7H,4-5H2,1-3H3/b4-3-;. The van der Waals surface area contributed by atoms with Crippen LogP contribution in [0.2, 0.25) is 0 Å². The summed E-state index contributed by atoms with van der Waals surface area (Å²) >= 11 is 1.59. The number of nitrogens with zero attached hydrogens (tertiary/aromatic N) is 1. The highest BCUT2D eigenvalue weighted by Crippen LogP contribution is 1.91. The van der Waals surface area contributed by atoms with E-state index in [9.17, 15) is 9.59 Å². The first-order chi connectivity index (χ1) is 10.5. The van der Waals surface area contributed by atoms with E-state index in [1.807, 2.05) is 11.6 Å². The fourth-order valence-corrected chi connectivity index (χ4v) is 1.47. The molecule has 22 heavy (non-hydrogen) atoms. The minimum atomic E-state index is -0.451. The summed E-state index contributed by atoms with van der Waals surface area (Å²) in [4.78, 5) is 22.1. The highest BCUT2D eigenvalue weighted by molar-refractivity contribution is 7.96. The average molecular weight is 337 g/mol. The van der Waals surface area contributed by atoms with Crippen LogP contribution in [0, 0.1) is 0 Å². The second kappa shape index (κ2) is 17.9. The van der Waals surface area contributed by atoms with Gasteiger partial charge in [0.1, 0.15) is 6.73 Å². The van der Waals surface area contributed by atoms with Gasteiger partial charge in [0.05, 0.1) is 12.7 Å². The number of hydrogen-bond acceptors (Lipinski definition) is 8. The maximum absolute atomic E-state index is 10.7. The van der Waals surface area contributed by atoms with E-state index in [1.54, 1.807) is 45.2 Å². The molecule has 1 atom stereocenters. The van der Waals surface area contributed by atoms with Gasteiger partial charge in [-0.05, 0) is 6.26 Å². The van der Waals surface area contributed by atoms with E-state index in [2.05, 4.69) is 4.72 Å². The summed E-state index contributed by atoms with van der Waals surface area (Å²) in [5.41, 5.74) is 0. The SMILES string of the molecule is COCC(CNSC)OC.COCN(C)/C=C\C(=O)NC=O. The van der Waals surface area contributed by atoms with E-state index < -0.39 is 5.91 Å². The molecule has 0 bridgehead atoms. The molecule has 8 nitrogen and oxygen atoms in total. The van der Waals surface area contributed by atoms with Crippen molar-refractivity contribution in [3.05, 3.63) is 12.3 Å². The molecule has 0 aromatic carbocycles. The third kappa shape index (κ3) is 16.9. The summed E-state index contributed by atoms with van der Waals surface area (Å²) in [7, 11) is 6.65. The number of methoxy groups -OCH3 is 3. The van der Waals surface area contributed by atoms with E-state index in [-0.39, 0.29) is 6.10 Å². The molecule has 0 rings (SSSR count). The lowest BCUT2D eigenvalue weighted by Crippen LogP contribution is -2.28. The van der Waals surface area contributed by atoms with Crippen LogP contribution in [-0.4, -0.2) is 77.8 Å². The third-order valence-electron chi connectivity index (χ3n) is 2.16. The van der Waals surface area contributed by atoms with Crippen molar-refractivity contribution in [3.8, 4) is 0 Å². The fourth-order valence-electron chi connectivity index (χ4n) is 1.12. The van der Waals surface area contributed by atoms with Crippen molar-refractivity contribution in [2.45, 2.75) is 6.10 Å². The Bertz CT molecular complexity index is 305. The number of ether oxygens (including phenoxy) is 3. The van der Waals surface area contributed by atoms with Gasteiger partial charge in [0.25, 0.3) is 5.91 Å². The number of hydrogen-bond donors (Lipinski definition) is 2. The quantitative estimate of drug-likeness (QED) is 0.232. The molecule has 0 radical (unpaired) electrons. The number of nitrogens with one attached hydrogen (secondary N) is 2. The minimum Gasteiger partial charge on any atom is -0.382 e. The molecule has 2 N–H and O–H groups in total. The van der Waals surface area contributed by atoms with E-state index in [0.29, 0.717) is 19.7 Å².